The van der Waals surface area contributed by atoms with Crippen LogP contribution < -0.4 is 0 Å². The molecule has 96 valence electrons. The van der Waals surface area contributed by atoms with Crippen molar-refractivity contribution in [3.63, 3.8) is 0 Å². The van der Waals surface area contributed by atoms with Crippen molar-refractivity contribution < 1.29 is 14.4 Å². The molecule has 0 radical (unpaired) electrons. The number of imide groups is 1. The van der Waals surface area contributed by atoms with E-state index in [2.05, 4.69) is 0 Å². The van der Waals surface area contributed by atoms with Crippen LogP contribution in [-0.2, 0) is 16.6 Å². The normalized spacial score (nSPS) is 17.3. The number of carbonyl (C=O) groups is 3. The molecule has 1 aromatic heterocycles. The van der Waals surface area contributed by atoms with Crippen molar-refractivity contribution in [3.05, 3.63) is 24.0 Å². The van der Waals surface area contributed by atoms with Crippen molar-refractivity contribution in [1.29, 1.82) is 0 Å². The number of aromatic nitrogens is 1. The maximum absolute atomic E-state index is 12.0. The number of nitrogens with zero attached hydrogens (tertiary/aromatic N) is 2. The third kappa shape index (κ3) is 2.34. The Kier molecular flexibility index (Phi) is 3.32. The lowest BCUT2D eigenvalue weighted by Crippen LogP contribution is -2.45. The zero-order chi connectivity index (χ0) is 13.3. The zero-order valence-electron chi connectivity index (χ0n) is 10.5. The number of ketones is 1. The van der Waals surface area contributed by atoms with Crippen LogP contribution in [0.2, 0.25) is 0 Å². The second-order valence-corrected chi connectivity index (χ2v) is 4.81. The summed E-state index contributed by atoms with van der Waals surface area (Å²) < 4.78 is 1.68. The first-order chi connectivity index (χ1) is 8.49. The van der Waals surface area contributed by atoms with E-state index in [1.54, 1.807) is 29.9 Å². The van der Waals surface area contributed by atoms with Gasteiger partial charge >= 0.3 is 0 Å². The summed E-state index contributed by atoms with van der Waals surface area (Å²) in [7, 11) is 1.76. The molecule has 0 unspecified atom stereocenters. The molecular weight excluding hydrogens is 232 g/mol. The van der Waals surface area contributed by atoms with Gasteiger partial charge in [0.15, 0.2) is 5.78 Å². The summed E-state index contributed by atoms with van der Waals surface area (Å²) in [5.74, 6) is -0.632. The zero-order valence-corrected chi connectivity index (χ0v) is 10.5. The summed E-state index contributed by atoms with van der Waals surface area (Å²) in [6, 6.07) is 3.44. The van der Waals surface area contributed by atoms with E-state index in [4.69, 9.17) is 0 Å². The molecule has 2 heterocycles. The van der Waals surface area contributed by atoms with Crippen molar-refractivity contribution in [2.75, 3.05) is 6.54 Å². The highest BCUT2D eigenvalue weighted by Gasteiger charge is 2.31. The standard InChI is InChI=1S/C13H16N2O3/c1-9-6-12(17)15(13(18)7-9)8-11(16)10-4-3-5-14(10)2/h3-5,9H,6-8H2,1-2H3. The Balaban J connectivity index is 2.10. The number of amides is 2. The maximum atomic E-state index is 12.0. The predicted molar refractivity (Wildman–Crippen MR) is 64.9 cm³/mol. The molecule has 0 spiro atoms. The SMILES string of the molecule is CC1CC(=O)N(CC(=O)c2cccn2C)C(=O)C1. The van der Waals surface area contributed by atoms with Crippen LogP contribution in [0.15, 0.2) is 18.3 Å². The fourth-order valence-corrected chi connectivity index (χ4v) is 2.18. The van der Waals surface area contributed by atoms with Crippen LogP contribution in [0.25, 0.3) is 0 Å². The van der Waals surface area contributed by atoms with Crippen molar-refractivity contribution in [2.45, 2.75) is 19.8 Å². The van der Waals surface area contributed by atoms with E-state index in [1.165, 1.54) is 0 Å². The van der Waals surface area contributed by atoms with Crippen LogP contribution in [0.3, 0.4) is 0 Å². The lowest BCUT2D eigenvalue weighted by atomic mass is 9.97. The number of likely N-dealkylation sites (tertiary alicyclic amines) is 1. The molecule has 0 N–H and O–H groups in total. The van der Waals surface area contributed by atoms with Gasteiger partial charge in [-0.1, -0.05) is 6.92 Å². The number of hydrogen-bond donors (Lipinski definition) is 0. The van der Waals surface area contributed by atoms with E-state index in [1.807, 2.05) is 6.92 Å². The summed E-state index contributed by atoms with van der Waals surface area (Å²) >= 11 is 0. The third-order valence-electron chi connectivity index (χ3n) is 3.18. The molecule has 1 fully saturated rings. The van der Waals surface area contributed by atoms with E-state index >= 15 is 0 Å². The molecule has 1 saturated heterocycles. The molecule has 0 atom stereocenters. The number of piperidine rings is 1. The smallest absolute Gasteiger partial charge is 0.229 e. The fourth-order valence-electron chi connectivity index (χ4n) is 2.18. The van der Waals surface area contributed by atoms with Gasteiger partial charge in [0.05, 0.1) is 12.2 Å². The van der Waals surface area contributed by atoms with Gasteiger partial charge in [0.1, 0.15) is 0 Å². The molecule has 0 aliphatic carbocycles. The Morgan fingerprint density at radius 2 is 1.94 bits per heavy atom. The first kappa shape index (κ1) is 12.5. The molecule has 0 aromatic carbocycles. The highest BCUT2D eigenvalue weighted by molar-refractivity contribution is 6.05. The highest BCUT2D eigenvalue weighted by Crippen LogP contribution is 2.19. The van der Waals surface area contributed by atoms with Gasteiger partial charge in [-0.05, 0) is 18.1 Å². The Hall–Kier alpha value is -1.91. The minimum absolute atomic E-state index is 0.0754. The minimum Gasteiger partial charge on any atom is -0.348 e. The number of aryl methyl sites for hydroxylation is 1. The molecule has 5 nitrogen and oxygen atoms in total. The molecule has 2 amide bonds. The van der Waals surface area contributed by atoms with Crippen LogP contribution >= 0.6 is 0 Å². The molecule has 5 heteroatoms. The summed E-state index contributed by atoms with van der Waals surface area (Å²) in [6.45, 7) is 1.72. The number of Topliss-reactive ketones (excluding diaryl/α,β-unsaturated/α-hetero) is 1. The lowest BCUT2D eigenvalue weighted by molar-refractivity contribution is -0.149. The van der Waals surface area contributed by atoms with Crippen LogP contribution in [0.1, 0.15) is 30.3 Å². The monoisotopic (exact) mass is 248 g/mol. The molecular formula is C13H16N2O3. The summed E-state index contributed by atoms with van der Waals surface area (Å²) in [6.07, 6.45) is 2.44. The van der Waals surface area contributed by atoms with E-state index in [0.29, 0.717) is 18.5 Å². The van der Waals surface area contributed by atoms with Crippen LogP contribution in [0.4, 0.5) is 0 Å². The van der Waals surface area contributed by atoms with Gasteiger partial charge in [-0.2, -0.15) is 0 Å². The van der Waals surface area contributed by atoms with Crippen molar-refractivity contribution in [3.8, 4) is 0 Å². The molecule has 18 heavy (non-hydrogen) atoms. The number of hydrogen-bond acceptors (Lipinski definition) is 3. The van der Waals surface area contributed by atoms with Crippen molar-refractivity contribution in [1.82, 2.24) is 9.47 Å². The summed E-state index contributed by atoms with van der Waals surface area (Å²) in [4.78, 5) is 36.6. The molecule has 0 saturated carbocycles. The maximum Gasteiger partial charge on any atom is 0.229 e. The molecule has 1 aliphatic heterocycles. The highest BCUT2D eigenvalue weighted by atomic mass is 16.2. The van der Waals surface area contributed by atoms with Gasteiger partial charge in [-0.25, -0.2) is 0 Å². The number of rotatable bonds is 3. The average molecular weight is 248 g/mol. The topological polar surface area (TPSA) is 59.4 Å². The van der Waals surface area contributed by atoms with Crippen LogP contribution in [0.5, 0.6) is 0 Å². The van der Waals surface area contributed by atoms with Crippen molar-refractivity contribution in [2.24, 2.45) is 13.0 Å². The quantitative estimate of drug-likeness (QED) is 0.592. The Morgan fingerprint density at radius 1 is 1.33 bits per heavy atom. The Bertz CT molecular complexity index is 486. The van der Waals surface area contributed by atoms with E-state index in [9.17, 15) is 14.4 Å². The Morgan fingerprint density at radius 3 is 2.44 bits per heavy atom. The minimum atomic E-state index is -0.249. The Labute approximate surface area is 105 Å². The molecule has 2 rings (SSSR count). The summed E-state index contributed by atoms with van der Waals surface area (Å²) in [5, 5.41) is 0. The van der Waals surface area contributed by atoms with E-state index < -0.39 is 0 Å². The number of carbonyl (C=O) groups excluding carboxylic acids is 3. The van der Waals surface area contributed by atoms with Gasteiger partial charge in [0.25, 0.3) is 0 Å². The van der Waals surface area contributed by atoms with Crippen LogP contribution in [0, 0.1) is 5.92 Å². The first-order valence-electron chi connectivity index (χ1n) is 5.96. The first-order valence-corrected chi connectivity index (χ1v) is 5.96. The average Bonchev–Trinajstić information content (AvgIpc) is 2.69. The predicted octanol–water partition coefficient (Wildman–Crippen LogP) is 0.993. The molecule has 1 aliphatic rings. The van der Waals surface area contributed by atoms with Crippen LogP contribution in [-0.4, -0.2) is 33.6 Å². The van der Waals surface area contributed by atoms with E-state index in [-0.39, 0.29) is 30.1 Å². The second kappa shape index (κ2) is 4.76. The van der Waals surface area contributed by atoms with Gasteiger partial charge in [-0.15, -0.1) is 0 Å². The van der Waals surface area contributed by atoms with E-state index in [0.717, 1.165) is 4.90 Å². The lowest BCUT2D eigenvalue weighted by Gasteiger charge is -2.27. The summed E-state index contributed by atoms with van der Waals surface area (Å²) in [5.41, 5.74) is 0.509. The fraction of sp³-hybridized carbons (Fsp3) is 0.462. The molecule has 1 aromatic rings. The van der Waals surface area contributed by atoms with Gasteiger partial charge in [-0.3, -0.25) is 19.3 Å². The van der Waals surface area contributed by atoms with Gasteiger partial charge < -0.3 is 4.57 Å². The van der Waals surface area contributed by atoms with Crippen molar-refractivity contribution >= 4 is 17.6 Å². The van der Waals surface area contributed by atoms with Gasteiger partial charge in [0.2, 0.25) is 11.8 Å². The second-order valence-electron chi connectivity index (χ2n) is 4.81. The van der Waals surface area contributed by atoms with Gasteiger partial charge in [0, 0.05) is 26.1 Å². The third-order valence-corrected chi connectivity index (χ3v) is 3.18. The largest absolute Gasteiger partial charge is 0.348 e. The molecule has 0 bridgehead atoms.